The van der Waals surface area contributed by atoms with Gasteiger partial charge in [-0.05, 0) is 18.2 Å². The van der Waals surface area contributed by atoms with E-state index in [2.05, 4.69) is 38.8 Å². The molecular weight excluding hydrogens is 300 g/mol. The average Bonchev–Trinajstić information content (AvgIpc) is 2.78. The van der Waals surface area contributed by atoms with Crippen LogP contribution in [0.4, 0.5) is 0 Å². The molecule has 1 aromatic heterocycles. The van der Waals surface area contributed by atoms with Gasteiger partial charge in [0.1, 0.15) is 5.78 Å². The molecule has 0 saturated heterocycles. The molecule has 0 atom stereocenters. The number of carbonyl (C=O) groups is 1. The van der Waals surface area contributed by atoms with Gasteiger partial charge in [0.05, 0.1) is 5.69 Å². The van der Waals surface area contributed by atoms with Gasteiger partial charge in [0.2, 0.25) is 0 Å². The van der Waals surface area contributed by atoms with Gasteiger partial charge in [0.15, 0.2) is 0 Å². The maximum Gasteiger partial charge on any atom is 0.148 e. The Morgan fingerprint density at radius 2 is 2.06 bits per heavy atom. The predicted octanol–water partition coefficient (Wildman–Crippen LogP) is 2.88. The van der Waals surface area contributed by atoms with E-state index in [0.29, 0.717) is 6.42 Å². The van der Waals surface area contributed by atoms with Crippen molar-refractivity contribution in [2.24, 2.45) is 0 Å². The van der Waals surface area contributed by atoms with Crippen molar-refractivity contribution in [3.8, 4) is 11.3 Å². The number of thiol groups is 1. The number of aromatic amines is 1. The van der Waals surface area contributed by atoms with Crippen LogP contribution in [0.3, 0.4) is 0 Å². The molecule has 0 fully saturated rings. The van der Waals surface area contributed by atoms with Gasteiger partial charge in [-0.2, -0.15) is 17.7 Å². The molecule has 88 valence electrons. The summed E-state index contributed by atoms with van der Waals surface area (Å²) >= 11 is 7.33. The number of ketones is 1. The highest BCUT2D eigenvalue weighted by atomic mass is 79.9. The first-order chi connectivity index (χ1) is 8.19. The lowest BCUT2D eigenvalue weighted by Gasteiger charge is -1.95. The molecule has 0 aliphatic rings. The van der Waals surface area contributed by atoms with E-state index in [1.54, 1.807) is 0 Å². The SMILES string of the molecule is O=C(CS)Cc1cc(-c2ccc(Br)cc2)n[nH]1. The number of benzene rings is 1. The lowest BCUT2D eigenvalue weighted by Crippen LogP contribution is -2.03. The van der Waals surface area contributed by atoms with E-state index < -0.39 is 0 Å². The van der Waals surface area contributed by atoms with Crippen molar-refractivity contribution in [1.82, 2.24) is 10.2 Å². The molecule has 0 amide bonds. The zero-order chi connectivity index (χ0) is 12.3. The van der Waals surface area contributed by atoms with Gasteiger partial charge in [-0.1, -0.05) is 28.1 Å². The topological polar surface area (TPSA) is 45.8 Å². The third-order valence-electron chi connectivity index (χ3n) is 2.33. The Kier molecular flexibility index (Phi) is 4.02. The summed E-state index contributed by atoms with van der Waals surface area (Å²) in [5.41, 5.74) is 2.69. The van der Waals surface area contributed by atoms with Crippen LogP contribution in [0.5, 0.6) is 0 Å². The number of nitrogens with zero attached hydrogens (tertiary/aromatic N) is 1. The van der Waals surface area contributed by atoms with Crippen molar-refractivity contribution < 1.29 is 4.79 Å². The van der Waals surface area contributed by atoms with E-state index in [4.69, 9.17) is 0 Å². The van der Waals surface area contributed by atoms with Crippen LogP contribution in [0.15, 0.2) is 34.8 Å². The van der Waals surface area contributed by atoms with Gasteiger partial charge in [-0.15, -0.1) is 0 Å². The summed E-state index contributed by atoms with van der Waals surface area (Å²) in [6, 6.07) is 9.77. The summed E-state index contributed by atoms with van der Waals surface area (Å²) in [5, 5.41) is 7.05. The van der Waals surface area contributed by atoms with E-state index >= 15 is 0 Å². The summed E-state index contributed by atoms with van der Waals surface area (Å²) in [6.45, 7) is 0. The third kappa shape index (κ3) is 3.20. The Hall–Kier alpha value is -1.07. The summed E-state index contributed by atoms with van der Waals surface area (Å²) in [4.78, 5) is 11.2. The number of hydrogen-bond acceptors (Lipinski definition) is 3. The predicted molar refractivity (Wildman–Crippen MR) is 74.3 cm³/mol. The minimum Gasteiger partial charge on any atom is -0.298 e. The third-order valence-corrected chi connectivity index (χ3v) is 3.22. The fraction of sp³-hybridized carbons (Fsp3) is 0.167. The molecule has 1 heterocycles. The van der Waals surface area contributed by atoms with E-state index in [-0.39, 0.29) is 11.5 Å². The van der Waals surface area contributed by atoms with Gasteiger partial charge < -0.3 is 0 Å². The number of rotatable bonds is 4. The molecule has 3 nitrogen and oxygen atoms in total. The maximum absolute atomic E-state index is 11.2. The van der Waals surface area contributed by atoms with Crippen molar-refractivity contribution in [3.63, 3.8) is 0 Å². The maximum atomic E-state index is 11.2. The second-order valence-corrected chi connectivity index (χ2v) is 4.89. The van der Waals surface area contributed by atoms with E-state index in [1.165, 1.54) is 0 Å². The number of halogens is 1. The summed E-state index contributed by atoms with van der Waals surface area (Å²) in [6.07, 6.45) is 0.354. The average molecular weight is 311 g/mol. The van der Waals surface area contributed by atoms with Gasteiger partial charge in [0.25, 0.3) is 0 Å². The fourth-order valence-electron chi connectivity index (χ4n) is 1.49. The van der Waals surface area contributed by atoms with E-state index in [1.807, 2.05) is 30.3 Å². The van der Waals surface area contributed by atoms with Gasteiger partial charge >= 0.3 is 0 Å². The Morgan fingerprint density at radius 1 is 1.35 bits per heavy atom. The zero-order valence-corrected chi connectivity index (χ0v) is 11.5. The molecule has 0 unspecified atom stereocenters. The molecule has 1 N–H and O–H groups in total. The van der Waals surface area contributed by atoms with Crippen molar-refractivity contribution in [2.75, 3.05) is 5.75 Å². The number of H-pyrrole nitrogens is 1. The van der Waals surface area contributed by atoms with Crippen molar-refractivity contribution >= 4 is 34.3 Å². The van der Waals surface area contributed by atoms with Crippen LogP contribution in [0.25, 0.3) is 11.3 Å². The van der Waals surface area contributed by atoms with E-state index in [0.717, 1.165) is 21.4 Å². The summed E-state index contributed by atoms with van der Waals surface area (Å²) < 4.78 is 1.03. The van der Waals surface area contributed by atoms with Gasteiger partial charge in [-0.25, -0.2) is 0 Å². The number of carbonyl (C=O) groups excluding carboxylic acids is 1. The fourth-order valence-corrected chi connectivity index (χ4v) is 1.87. The smallest absolute Gasteiger partial charge is 0.148 e. The summed E-state index contributed by atoms with van der Waals surface area (Å²) in [5.74, 6) is 0.339. The second-order valence-electron chi connectivity index (χ2n) is 3.66. The molecule has 0 radical (unpaired) electrons. The standard InChI is InChI=1S/C12H11BrN2OS/c13-9-3-1-8(2-4-9)12-6-10(14-15-12)5-11(16)7-17/h1-4,6,17H,5,7H2,(H,14,15). The first kappa shape index (κ1) is 12.4. The van der Waals surface area contributed by atoms with Crippen molar-refractivity contribution in [2.45, 2.75) is 6.42 Å². The van der Waals surface area contributed by atoms with Crippen LogP contribution < -0.4 is 0 Å². The van der Waals surface area contributed by atoms with Crippen LogP contribution >= 0.6 is 28.6 Å². The Morgan fingerprint density at radius 3 is 2.71 bits per heavy atom. The highest BCUT2D eigenvalue weighted by Crippen LogP contribution is 2.20. The number of aromatic nitrogens is 2. The lowest BCUT2D eigenvalue weighted by atomic mass is 10.1. The molecule has 2 rings (SSSR count). The van der Waals surface area contributed by atoms with Crippen LogP contribution in [0, 0.1) is 0 Å². The first-order valence-corrected chi connectivity index (χ1v) is 6.54. The van der Waals surface area contributed by atoms with Crippen molar-refractivity contribution in [3.05, 3.63) is 40.5 Å². The van der Waals surface area contributed by atoms with Crippen LogP contribution in [0.2, 0.25) is 0 Å². The van der Waals surface area contributed by atoms with Crippen molar-refractivity contribution in [1.29, 1.82) is 0 Å². The van der Waals surface area contributed by atoms with Crippen LogP contribution in [-0.2, 0) is 11.2 Å². The van der Waals surface area contributed by atoms with Gasteiger partial charge in [-0.3, -0.25) is 9.89 Å². The largest absolute Gasteiger partial charge is 0.298 e. The number of Topliss-reactive ketones (excluding diaryl/α,β-unsaturated/α-hetero) is 1. The molecule has 17 heavy (non-hydrogen) atoms. The van der Waals surface area contributed by atoms with Gasteiger partial charge in [0, 0.05) is 27.9 Å². The normalized spacial score (nSPS) is 10.5. The minimum atomic E-state index is 0.0827. The highest BCUT2D eigenvalue weighted by molar-refractivity contribution is 9.10. The molecule has 0 saturated carbocycles. The van der Waals surface area contributed by atoms with E-state index in [9.17, 15) is 4.79 Å². The molecule has 2 aromatic rings. The highest BCUT2D eigenvalue weighted by Gasteiger charge is 2.07. The molecule has 0 spiro atoms. The molecule has 1 aromatic carbocycles. The first-order valence-electron chi connectivity index (χ1n) is 5.12. The number of nitrogens with one attached hydrogen (secondary N) is 1. The molecule has 0 aliphatic heterocycles. The Balaban J connectivity index is 2.18. The van der Waals surface area contributed by atoms with Crippen LogP contribution in [0.1, 0.15) is 5.69 Å². The molecular formula is C12H11BrN2OS. The summed E-state index contributed by atoms with van der Waals surface area (Å²) in [7, 11) is 0. The Bertz CT molecular complexity index is 522. The molecule has 0 bridgehead atoms. The Labute approximate surface area is 113 Å². The minimum absolute atomic E-state index is 0.0827. The monoisotopic (exact) mass is 310 g/mol. The molecule has 0 aliphatic carbocycles. The number of hydrogen-bond donors (Lipinski definition) is 2. The lowest BCUT2D eigenvalue weighted by molar-refractivity contribution is -0.116. The van der Waals surface area contributed by atoms with Crippen LogP contribution in [-0.4, -0.2) is 21.7 Å². The molecule has 5 heteroatoms. The second kappa shape index (κ2) is 5.51. The zero-order valence-electron chi connectivity index (χ0n) is 8.98. The quantitative estimate of drug-likeness (QED) is 0.853.